The predicted molar refractivity (Wildman–Crippen MR) is 117 cm³/mol. The van der Waals surface area contributed by atoms with Crippen LogP contribution in [0.3, 0.4) is 0 Å². The summed E-state index contributed by atoms with van der Waals surface area (Å²) in [4.78, 5) is 16.3. The number of carbonyl (C=O) groups is 1. The van der Waals surface area contributed by atoms with Gasteiger partial charge >= 0.3 is 0 Å². The molecule has 0 radical (unpaired) electrons. The Morgan fingerprint density at radius 3 is 2.70 bits per heavy atom. The van der Waals surface area contributed by atoms with E-state index in [0.29, 0.717) is 18.3 Å². The quantitative estimate of drug-likeness (QED) is 0.546. The van der Waals surface area contributed by atoms with Gasteiger partial charge in [0.1, 0.15) is 26.2 Å². The minimum absolute atomic E-state index is 0.0766. The first kappa shape index (κ1) is 20.7. The number of benzene rings is 1. The summed E-state index contributed by atoms with van der Waals surface area (Å²) in [5.41, 5.74) is 3.23. The SMILES string of the molecule is Cc1cccc(NC(=O)C[NH+]2CC[NH+]([C@@H](C)c3nnc(-c4cccs4)o3)CC2)c1C. The summed E-state index contributed by atoms with van der Waals surface area (Å²) in [6, 6.07) is 10.1. The molecule has 1 aliphatic heterocycles. The minimum Gasteiger partial charge on any atom is -0.414 e. The molecular weight excluding hydrogens is 398 g/mol. The smallest absolute Gasteiger partial charge is 0.279 e. The maximum Gasteiger partial charge on any atom is 0.279 e. The van der Waals surface area contributed by atoms with Gasteiger partial charge in [-0.25, -0.2) is 0 Å². The highest BCUT2D eigenvalue weighted by atomic mass is 32.1. The lowest BCUT2D eigenvalue weighted by Crippen LogP contribution is -3.28. The Hall–Kier alpha value is -2.55. The van der Waals surface area contributed by atoms with Gasteiger partial charge in [-0.05, 0) is 49.4 Å². The van der Waals surface area contributed by atoms with E-state index in [4.69, 9.17) is 4.42 Å². The van der Waals surface area contributed by atoms with Crippen LogP contribution < -0.4 is 15.1 Å². The Morgan fingerprint density at radius 1 is 1.17 bits per heavy atom. The molecule has 30 heavy (non-hydrogen) atoms. The molecule has 3 aromatic rings. The van der Waals surface area contributed by atoms with Gasteiger partial charge < -0.3 is 19.5 Å². The van der Waals surface area contributed by atoms with Gasteiger partial charge in [0, 0.05) is 5.69 Å². The van der Waals surface area contributed by atoms with Crippen LogP contribution >= 0.6 is 11.3 Å². The van der Waals surface area contributed by atoms with E-state index in [1.54, 1.807) is 11.3 Å². The fourth-order valence-electron chi connectivity index (χ4n) is 3.93. The standard InChI is InChI=1S/C22H27N5O2S/c1-15-6-4-7-18(16(15)2)23-20(28)14-26-9-11-27(12-10-26)17(3)21-24-25-22(29-21)19-8-5-13-30-19/h4-8,13,17H,9-12,14H2,1-3H3,(H,23,28)/p+2/t17-/m0/s1. The highest BCUT2D eigenvalue weighted by Gasteiger charge is 2.32. The number of rotatable bonds is 6. The number of carbonyl (C=O) groups excluding carboxylic acids is 1. The fourth-order valence-corrected chi connectivity index (χ4v) is 4.57. The van der Waals surface area contributed by atoms with Crippen LogP contribution in [0.2, 0.25) is 0 Å². The number of amides is 1. The average molecular weight is 428 g/mol. The third-order valence-electron chi connectivity index (χ3n) is 6.04. The van der Waals surface area contributed by atoms with Gasteiger partial charge in [0.25, 0.3) is 17.7 Å². The van der Waals surface area contributed by atoms with Gasteiger partial charge in [-0.3, -0.25) is 4.79 Å². The largest absolute Gasteiger partial charge is 0.414 e. The van der Waals surface area contributed by atoms with E-state index in [1.165, 1.54) is 15.4 Å². The van der Waals surface area contributed by atoms with Crippen LogP contribution in [0, 0.1) is 13.8 Å². The number of aryl methyl sites for hydroxylation is 1. The molecule has 1 atom stereocenters. The van der Waals surface area contributed by atoms with Crippen molar-refractivity contribution in [3.05, 3.63) is 52.7 Å². The van der Waals surface area contributed by atoms with Crippen LogP contribution in [0.4, 0.5) is 5.69 Å². The van der Waals surface area contributed by atoms with Crippen LogP contribution in [-0.4, -0.2) is 48.8 Å². The molecule has 1 saturated heterocycles. The summed E-state index contributed by atoms with van der Waals surface area (Å²) in [5, 5.41) is 13.6. The van der Waals surface area contributed by atoms with Crippen molar-refractivity contribution in [2.24, 2.45) is 0 Å². The zero-order valence-corrected chi connectivity index (χ0v) is 18.5. The topological polar surface area (TPSA) is 76.9 Å². The molecule has 2 aromatic heterocycles. The highest BCUT2D eigenvalue weighted by Crippen LogP contribution is 2.24. The highest BCUT2D eigenvalue weighted by molar-refractivity contribution is 7.13. The minimum atomic E-state index is 0.0766. The molecule has 0 aliphatic carbocycles. The summed E-state index contributed by atoms with van der Waals surface area (Å²) in [7, 11) is 0. The number of hydrogen-bond donors (Lipinski definition) is 3. The second kappa shape index (κ2) is 9.07. The molecule has 0 spiro atoms. The van der Waals surface area contributed by atoms with Gasteiger partial charge in [0.15, 0.2) is 12.6 Å². The molecule has 0 bridgehead atoms. The normalized spacial score (nSPS) is 20.1. The van der Waals surface area contributed by atoms with Crippen LogP contribution in [0.5, 0.6) is 0 Å². The number of anilines is 1. The van der Waals surface area contributed by atoms with Gasteiger partial charge in [0.05, 0.1) is 4.88 Å². The van der Waals surface area contributed by atoms with Gasteiger partial charge in [-0.15, -0.1) is 21.5 Å². The summed E-state index contributed by atoms with van der Waals surface area (Å²) < 4.78 is 5.92. The molecule has 8 heteroatoms. The first-order valence-electron chi connectivity index (χ1n) is 10.4. The zero-order valence-electron chi connectivity index (χ0n) is 17.7. The van der Waals surface area contributed by atoms with Crippen LogP contribution in [0.25, 0.3) is 10.8 Å². The Labute approximate surface area is 180 Å². The maximum absolute atomic E-state index is 12.5. The summed E-state index contributed by atoms with van der Waals surface area (Å²) in [6.07, 6.45) is 0. The third kappa shape index (κ3) is 4.61. The van der Waals surface area contributed by atoms with Gasteiger partial charge in [-0.2, -0.15) is 0 Å². The van der Waals surface area contributed by atoms with E-state index in [2.05, 4.69) is 35.4 Å². The van der Waals surface area contributed by atoms with Crippen molar-refractivity contribution in [2.75, 3.05) is 38.0 Å². The monoisotopic (exact) mass is 427 g/mol. The first-order valence-corrected chi connectivity index (χ1v) is 11.3. The van der Waals surface area contributed by atoms with Crippen molar-refractivity contribution < 1.29 is 19.0 Å². The summed E-state index contributed by atoms with van der Waals surface area (Å²) in [5.74, 6) is 1.36. The van der Waals surface area contributed by atoms with Crippen molar-refractivity contribution in [3.63, 3.8) is 0 Å². The Balaban J connectivity index is 1.28. The first-order chi connectivity index (χ1) is 14.5. The van der Waals surface area contributed by atoms with Gasteiger partial charge in [-0.1, -0.05) is 18.2 Å². The number of thiophene rings is 1. The summed E-state index contributed by atoms with van der Waals surface area (Å²) >= 11 is 1.60. The Bertz CT molecular complexity index is 993. The van der Waals surface area contributed by atoms with Crippen molar-refractivity contribution in [3.8, 4) is 10.8 Å². The van der Waals surface area contributed by atoms with Crippen molar-refractivity contribution in [1.82, 2.24) is 10.2 Å². The van der Waals surface area contributed by atoms with Crippen LogP contribution in [0.1, 0.15) is 30.0 Å². The molecule has 1 aliphatic rings. The Kier molecular flexibility index (Phi) is 6.26. The van der Waals surface area contributed by atoms with E-state index in [9.17, 15) is 4.79 Å². The lowest BCUT2D eigenvalue weighted by molar-refractivity contribution is -1.02. The van der Waals surface area contributed by atoms with E-state index in [1.807, 2.05) is 36.6 Å². The molecule has 0 unspecified atom stereocenters. The average Bonchev–Trinajstić information content (AvgIpc) is 3.43. The number of hydrogen-bond acceptors (Lipinski definition) is 5. The molecule has 3 heterocycles. The fraction of sp³-hybridized carbons (Fsp3) is 0.409. The maximum atomic E-state index is 12.5. The molecule has 1 aromatic carbocycles. The number of aromatic nitrogens is 2. The second-order valence-corrected chi connectivity index (χ2v) is 8.97. The van der Waals surface area contributed by atoms with Gasteiger partial charge in [0.2, 0.25) is 0 Å². The number of piperazine rings is 1. The third-order valence-corrected chi connectivity index (χ3v) is 6.90. The van der Waals surface area contributed by atoms with E-state index >= 15 is 0 Å². The van der Waals surface area contributed by atoms with E-state index < -0.39 is 0 Å². The van der Waals surface area contributed by atoms with Crippen LogP contribution in [0.15, 0.2) is 40.1 Å². The number of quaternary nitrogens is 2. The molecule has 7 nitrogen and oxygen atoms in total. The molecule has 3 N–H and O–H groups in total. The lowest BCUT2D eigenvalue weighted by Gasteiger charge is -2.31. The molecular formula is C22H29N5O2S+2. The Morgan fingerprint density at radius 2 is 1.97 bits per heavy atom. The van der Waals surface area contributed by atoms with Crippen molar-refractivity contribution in [2.45, 2.75) is 26.8 Å². The number of nitrogens with one attached hydrogen (secondary N) is 3. The van der Waals surface area contributed by atoms with E-state index in [-0.39, 0.29) is 11.9 Å². The molecule has 1 fully saturated rings. The lowest BCUT2D eigenvalue weighted by atomic mass is 10.1. The molecule has 158 valence electrons. The number of nitrogens with zero attached hydrogens (tertiary/aromatic N) is 2. The molecule has 1 amide bonds. The predicted octanol–water partition coefficient (Wildman–Crippen LogP) is 0.898. The van der Waals surface area contributed by atoms with Crippen LogP contribution in [-0.2, 0) is 4.79 Å². The van der Waals surface area contributed by atoms with E-state index in [0.717, 1.165) is 42.3 Å². The molecule has 4 rings (SSSR count). The zero-order chi connectivity index (χ0) is 21.1. The molecule has 0 saturated carbocycles. The second-order valence-electron chi connectivity index (χ2n) is 8.03. The van der Waals surface area contributed by atoms with Crippen molar-refractivity contribution >= 4 is 22.9 Å². The van der Waals surface area contributed by atoms with Crippen molar-refractivity contribution in [1.29, 1.82) is 0 Å². The summed E-state index contributed by atoms with van der Waals surface area (Å²) in [6.45, 7) is 10.6.